The number of benzene rings is 1. The van der Waals surface area contributed by atoms with Crippen LogP contribution in [0.2, 0.25) is 0 Å². The molecule has 17 heavy (non-hydrogen) atoms. The highest BCUT2D eigenvalue weighted by Gasteiger charge is 2.10. The molecule has 94 valence electrons. The van der Waals surface area contributed by atoms with Crippen molar-refractivity contribution in [2.45, 2.75) is 17.4 Å². The van der Waals surface area contributed by atoms with Gasteiger partial charge in [-0.05, 0) is 30.4 Å². The minimum absolute atomic E-state index is 0.312. The lowest BCUT2D eigenvalue weighted by Crippen LogP contribution is -2.43. The smallest absolute Gasteiger partial charge is 0.239 e. The van der Waals surface area contributed by atoms with E-state index in [1.165, 1.54) is 10.5 Å². The molecule has 0 radical (unpaired) electrons. The van der Waals surface area contributed by atoms with E-state index in [1.807, 2.05) is 18.4 Å². The molecule has 0 bridgehead atoms. The summed E-state index contributed by atoms with van der Waals surface area (Å²) in [4.78, 5) is 12.5. The molecular weight excluding hydrogens is 236 g/mol. The average Bonchev–Trinajstić information content (AvgIpc) is 2.38. The molecule has 0 saturated carbocycles. The minimum atomic E-state index is -0.825. The van der Waals surface area contributed by atoms with Crippen molar-refractivity contribution in [3.8, 4) is 0 Å². The Morgan fingerprint density at radius 3 is 2.65 bits per heavy atom. The summed E-state index contributed by atoms with van der Waals surface area (Å²) in [6.07, 6.45) is 2.80. The molecule has 0 heterocycles. The fourth-order valence-corrected chi connectivity index (χ4v) is 1.74. The highest BCUT2D eigenvalue weighted by atomic mass is 32.2. The number of carbonyl (C=O) groups is 1. The Hall–Kier alpha value is -1.04. The van der Waals surface area contributed by atoms with E-state index in [-0.39, 0.29) is 12.5 Å². The first-order valence-corrected chi connectivity index (χ1v) is 6.67. The standard InChI is InChI=1S/C12H18N2O2S/c1-17-10-4-2-9(3-5-10)6-7-14-12(16)11(13)8-15/h2-5,11,15H,6-8,13H2,1H3,(H,14,16). The lowest BCUT2D eigenvalue weighted by Gasteiger charge is -2.09. The predicted octanol–water partition coefficient (Wildman–Crippen LogP) is 0.387. The van der Waals surface area contributed by atoms with Gasteiger partial charge in [0, 0.05) is 11.4 Å². The van der Waals surface area contributed by atoms with Crippen LogP contribution in [0.4, 0.5) is 0 Å². The van der Waals surface area contributed by atoms with Gasteiger partial charge in [0.05, 0.1) is 6.61 Å². The van der Waals surface area contributed by atoms with E-state index < -0.39 is 6.04 Å². The maximum Gasteiger partial charge on any atom is 0.239 e. The zero-order chi connectivity index (χ0) is 12.7. The summed E-state index contributed by atoms with van der Waals surface area (Å²) in [5, 5.41) is 11.4. The number of hydrogen-bond donors (Lipinski definition) is 3. The molecule has 4 nitrogen and oxygen atoms in total. The Balaban J connectivity index is 2.33. The van der Waals surface area contributed by atoms with Crippen LogP contribution in [0.5, 0.6) is 0 Å². The summed E-state index contributed by atoms with van der Waals surface area (Å²) in [6, 6.07) is 7.38. The highest BCUT2D eigenvalue weighted by molar-refractivity contribution is 7.98. The normalized spacial score (nSPS) is 12.2. The first-order chi connectivity index (χ1) is 8.17. The van der Waals surface area contributed by atoms with Crippen LogP contribution in [0, 0.1) is 0 Å². The molecule has 1 unspecified atom stereocenters. The average molecular weight is 254 g/mol. The second-order valence-corrected chi connectivity index (χ2v) is 4.56. The van der Waals surface area contributed by atoms with Gasteiger partial charge < -0.3 is 16.2 Å². The molecule has 0 saturated heterocycles. The van der Waals surface area contributed by atoms with Gasteiger partial charge in [0.15, 0.2) is 0 Å². The minimum Gasteiger partial charge on any atom is -0.394 e. The molecule has 0 fully saturated rings. The first-order valence-electron chi connectivity index (χ1n) is 5.44. The number of carbonyl (C=O) groups excluding carboxylic acids is 1. The van der Waals surface area contributed by atoms with Gasteiger partial charge in [-0.15, -0.1) is 11.8 Å². The fraction of sp³-hybridized carbons (Fsp3) is 0.417. The van der Waals surface area contributed by atoms with Crippen LogP contribution in [0.1, 0.15) is 5.56 Å². The van der Waals surface area contributed by atoms with Crippen molar-refractivity contribution in [2.75, 3.05) is 19.4 Å². The van der Waals surface area contributed by atoms with Gasteiger partial charge in [0.25, 0.3) is 0 Å². The van der Waals surface area contributed by atoms with Gasteiger partial charge in [0.1, 0.15) is 6.04 Å². The van der Waals surface area contributed by atoms with Gasteiger partial charge in [-0.25, -0.2) is 0 Å². The monoisotopic (exact) mass is 254 g/mol. The van der Waals surface area contributed by atoms with E-state index in [1.54, 1.807) is 11.8 Å². The van der Waals surface area contributed by atoms with E-state index in [0.717, 1.165) is 6.42 Å². The van der Waals surface area contributed by atoms with E-state index in [9.17, 15) is 4.79 Å². The van der Waals surface area contributed by atoms with Crippen LogP contribution in [0.15, 0.2) is 29.2 Å². The van der Waals surface area contributed by atoms with E-state index in [4.69, 9.17) is 10.8 Å². The number of hydrogen-bond acceptors (Lipinski definition) is 4. The Bertz CT molecular complexity index is 354. The van der Waals surface area contributed by atoms with Gasteiger partial charge in [-0.3, -0.25) is 4.79 Å². The molecule has 0 aliphatic heterocycles. The number of aliphatic hydroxyl groups excluding tert-OH is 1. The van der Waals surface area contributed by atoms with Crippen molar-refractivity contribution in [1.82, 2.24) is 5.32 Å². The third-order valence-electron chi connectivity index (χ3n) is 2.41. The summed E-state index contributed by atoms with van der Waals surface area (Å²) < 4.78 is 0. The lowest BCUT2D eigenvalue weighted by atomic mass is 10.1. The molecule has 1 aromatic carbocycles. The summed E-state index contributed by atoms with van der Waals surface area (Å²) in [6.45, 7) is 0.208. The van der Waals surface area contributed by atoms with E-state index in [0.29, 0.717) is 6.54 Å². The van der Waals surface area contributed by atoms with E-state index >= 15 is 0 Å². The molecule has 0 aromatic heterocycles. The molecule has 0 aliphatic rings. The molecule has 1 atom stereocenters. The number of amides is 1. The summed E-state index contributed by atoms with van der Waals surface area (Å²) in [7, 11) is 0. The number of nitrogens with one attached hydrogen (secondary N) is 1. The third kappa shape index (κ3) is 4.77. The van der Waals surface area contributed by atoms with Crippen LogP contribution >= 0.6 is 11.8 Å². The number of nitrogens with two attached hydrogens (primary N) is 1. The topological polar surface area (TPSA) is 75.4 Å². The lowest BCUT2D eigenvalue weighted by molar-refractivity contribution is -0.123. The third-order valence-corrected chi connectivity index (χ3v) is 3.15. The van der Waals surface area contributed by atoms with Crippen molar-refractivity contribution in [1.29, 1.82) is 0 Å². The predicted molar refractivity (Wildman–Crippen MR) is 70.0 cm³/mol. The Kier molecular flexibility index (Phi) is 6.04. The summed E-state index contributed by atoms with van der Waals surface area (Å²) >= 11 is 1.70. The molecule has 0 spiro atoms. The zero-order valence-electron chi connectivity index (χ0n) is 9.85. The van der Waals surface area contributed by atoms with Crippen molar-refractivity contribution < 1.29 is 9.90 Å². The van der Waals surface area contributed by atoms with Crippen molar-refractivity contribution >= 4 is 17.7 Å². The maximum atomic E-state index is 11.3. The van der Waals surface area contributed by atoms with Crippen molar-refractivity contribution in [2.24, 2.45) is 5.73 Å². The fourth-order valence-electron chi connectivity index (χ4n) is 1.34. The Morgan fingerprint density at radius 1 is 1.47 bits per heavy atom. The van der Waals surface area contributed by atoms with Crippen molar-refractivity contribution in [3.63, 3.8) is 0 Å². The first kappa shape index (κ1) is 14.0. The second-order valence-electron chi connectivity index (χ2n) is 3.68. The van der Waals surface area contributed by atoms with Crippen LogP contribution in [-0.2, 0) is 11.2 Å². The second kappa shape index (κ2) is 7.32. The number of aliphatic hydroxyl groups is 1. The number of rotatable bonds is 6. The molecule has 0 aliphatic carbocycles. The van der Waals surface area contributed by atoms with Crippen LogP contribution in [0.3, 0.4) is 0 Å². The van der Waals surface area contributed by atoms with Crippen LogP contribution in [0.25, 0.3) is 0 Å². The molecule has 1 amide bonds. The summed E-state index contributed by atoms with van der Waals surface area (Å²) in [5.41, 5.74) is 6.54. The molecule has 1 rings (SSSR count). The molecular formula is C12H18N2O2S. The Labute approximate surface area is 106 Å². The maximum absolute atomic E-state index is 11.3. The number of thioether (sulfide) groups is 1. The SMILES string of the molecule is CSc1ccc(CCNC(=O)C(N)CO)cc1. The Morgan fingerprint density at radius 2 is 2.12 bits per heavy atom. The van der Waals surface area contributed by atoms with Crippen molar-refractivity contribution in [3.05, 3.63) is 29.8 Å². The quantitative estimate of drug-likeness (QED) is 0.642. The largest absolute Gasteiger partial charge is 0.394 e. The van der Waals surface area contributed by atoms with Gasteiger partial charge >= 0.3 is 0 Å². The highest BCUT2D eigenvalue weighted by Crippen LogP contribution is 2.14. The molecule has 4 N–H and O–H groups in total. The zero-order valence-corrected chi connectivity index (χ0v) is 10.7. The van der Waals surface area contributed by atoms with Gasteiger partial charge in [-0.1, -0.05) is 12.1 Å². The summed E-state index contributed by atoms with van der Waals surface area (Å²) in [5.74, 6) is -0.312. The van der Waals surface area contributed by atoms with Gasteiger partial charge in [0.2, 0.25) is 5.91 Å². The van der Waals surface area contributed by atoms with Crippen LogP contribution in [-0.4, -0.2) is 36.5 Å². The van der Waals surface area contributed by atoms with Gasteiger partial charge in [-0.2, -0.15) is 0 Å². The van der Waals surface area contributed by atoms with E-state index in [2.05, 4.69) is 17.4 Å². The molecule has 1 aromatic rings. The molecule has 5 heteroatoms. The van der Waals surface area contributed by atoms with Crippen LogP contribution < -0.4 is 11.1 Å².